The van der Waals surface area contributed by atoms with Crippen molar-refractivity contribution in [2.24, 2.45) is 0 Å². The lowest BCUT2D eigenvalue weighted by molar-refractivity contribution is -0.153. The van der Waals surface area contributed by atoms with Crippen LogP contribution in [0.25, 0.3) is 0 Å². The van der Waals surface area contributed by atoms with Crippen molar-refractivity contribution in [1.82, 2.24) is 0 Å². The Morgan fingerprint density at radius 2 is 2.45 bits per heavy atom. The summed E-state index contributed by atoms with van der Waals surface area (Å²) in [4.78, 5) is 11.0. The van der Waals surface area contributed by atoms with Crippen LogP contribution in [0.3, 0.4) is 0 Å². The van der Waals surface area contributed by atoms with Crippen molar-refractivity contribution in [3.8, 4) is 0 Å². The summed E-state index contributed by atoms with van der Waals surface area (Å²) in [5.41, 5.74) is -1.13. The molecule has 0 aromatic rings. The van der Waals surface area contributed by atoms with Gasteiger partial charge in [-0.05, 0) is 12.8 Å². The molecule has 2 aliphatic rings. The van der Waals surface area contributed by atoms with Crippen molar-refractivity contribution in [1.29, 1.82) is 0 Å². The van der Waals surface area contributed by atoms with E-state index in [0.717, 1.165) is 6.42 Å². The fourth-order valence-electron chi connectivity index (χ4n) is 1.67. The SMILES string of the molecule is O=C1O[C@@H]2C[C@]1(O)CC[C@@H]2I. The molecule has 0 unspecified atom stereocenters. The number of aliphatic hydroxyl groups is 1. The van der Waals surface area contributed by atoms with Crippen molar-refractivity contribution in [3.05, 3.63) is 0 Å². The molecule has 1 aliphatic heterocycles. The zero-order valence-electron chi connectivity index (χ0n) is 5.92. The Hall–Kier alpha value is 0.160. The van der Waals surface area contributed by atoms with Gasteiger partial charge in [0, 0.05) is 10.3 Å². The van der Waals surface area contributed by atoms with E-state index in [9.17, 15) is 9.90 Å². The number of fused-ring (bicyclic) bond motifs is 2. The number of hydrogen-bond donors (Lipinski definition) is 1. The maximum atomic E-state index is 11.0. The average molecular weight is 268 g/mol. The van der Waals surface area contributed by atoms with Crippen LogP contribution in [0.5, 0.6) is 0 Å². The van der Waals surface area contributed by atoms with Crippen LogP contribution in [0.4, 0.5) is 0 Å². The topological polar surface area (TPSA) is 46.5 Å². The van der Waals surface area contributed by atoms with Crippen LogP contribution in [0.2, 0.25) is 0 Å². The lowest BCUT2D eigenvalue weighted by Crippen LogP contribution is -2.38. The first kappa shape index (κ1) is 7.79. The third kappa shape index (κ3) is 1.07. The molecule has 3 nitrogen and oxygen atoms in total. The van der Waals surface area contributed by atoms with E-state index in [0.29, 0.717) is 16.8 Å². The molecule has 0 radical (unpaired) electrons. The van der Waals surface area contributed by atoms with Gasteiger partial charge < -0.3 is 9.84 Å². The largest absolute Gasteiger partial charge is 0.459 e. The summed E-state index contributed by atoms with van der Waals surface area (Å²) in [7, 11) is 0. The second-order valence-corrected chi connectivity index (χ2v) is 4.83. The van der Waals surface area contributed by atoms with Gasteiger partial charge >= 0.3 is 5.97 Å². The molecule has 1 saturated heterocycles. The predicted molar refractivity (Wildman–Crippen MR) is 46.5 cm³/mol. The second kappa shape index (κ2) is 2.32. The zero-order valence-corrected chi connectivity index (χ0v) is 8.08. The van der Waals surface area contributed by atoms with E-state index < -0.39 is 11.6 Å². The minimum absolute atomic E-state index is 0.0400. The summed E-state index contributed by atoms with van der Waals surface area (Å²) in [6.07, 6.45) is 1.91. The normalized spacial score (nSPS) is 49.1. The first-order valence-corrected chi connectivity index (χ1v) is 4.94. The van der Waals surface area contributed by atoms with Gasteiger partial charge in [-0.15, -0.1) is 0 Å². The molecule has 1 aliphatic carbocycles. The number of ether oxygens (including phenoxy) is 1. The van der Waals surface area contributed by atoms with Crippen molar-refractivity contribution in [3.63, 3.8) is 0 Å². The Bertz CT molecular complexity index is 206. The fourth-order valence-corrected chi connectivity index (χ4v) is 2.39. The summed E-state index contributed by atoms with van der Waals surface area (Å²) in [6, 6.07) is 0. The van der Waals surface area contributed by atoms with Crippen molar-refractivity contribution in [2.45, 2.75) is 34.9 Å². The Kier molecular flexibility index (Phi) is 1.64. The summed E-state index contributed by atoms with van der Waals surface area (Å²) >= 11 is 2.27. The van der Waals surface area contributed by atoms with E-state index in [2.05, 4.69) is 22.6 Å². The maximum absolute atomic E-state index is 11.0. The highest BCUT2D eigenvalue weighted by atomic mass is 127. The van der Waals surface area contributed by atoms with Crippen LogP contribution in [0.15, 0.2) is 0 Å². The number of esters is 1. The number of carbonyl (C=O) groups excluding carboxylic acids is 1. The molecule has 0 amide bonds. The average Bonchev–Trinajstić information content (AvgIpc) is 2.20. The van der Waals surface area contributed by atoms with Crippen molar-refractivity contribution >= 4 is 28.6 Å². The van der Waals surface area contributed by atoms with Gasteiger partial charge in [0.2, 0.25) is 0 Å². The highest BCUT2D eigenvalue weighted by Gasteiger charge is 2.53. The number of halogens is 1. The molecule has 3 atom stereocenters. The third-order valence-electron chi connectivity index (χ3n) is 2.41. The molecule has 62 valence electrons. The van der Waals surface area contributed by atoms with E-state index in [4.69, 9.17) is 4.74 Å². The number of hydrogen-bond acceptors (Lipinski definition) is 3. The number of carbonyl (C=O) groups is 1. The summed E-state index contributed by atoms with van der Waals surface area (Å²) < 4.78 is 5.39. The van der Waals surface area contributed by atoms with E-state index in [1.54, 1.807) is 0 Å². The highest BCUT2D eigenvalue weighted by Crippen LogP contribution is 2.40. The number of alkyl halides is 1. The second-order valence-electron chi connectivity index (χ2n) is 3.23. The summed E-state index contributed by atoms with van der Waals surface area (Å²) in [6.45, 7) is 0. The maximum Gasteiger partial charge on any atom is 0.338 e. The monoisotopic (exact) mass is 268 g/mol. The molecule has 0 spiro atoms. The molecule has 4 heteroatoms. The van der Waals surface area contributed by atoms with Crippen LogP contribution in [-0.2, 0) is 9.53 Å². The minimum atomic E-state index is -1.13. The Labute approximate surface area is 78.2 Å². The molecule has 0 aromatic heterocycles. The van der Waals surface area contributed by atoms with Gasteiger partial charge in [0.1, 0.15) is 6.10 Å². The standard InChI is InChI=1S/C7H9IO3/c8-4-1-2-7(10)3-5(4)11-6(7)9/h4-5,10H,1-3H2/t4-,5+,7+/m0/s1. The van der Waals surface area contributed by atoms with E-state index in [1.165, 1.54) is 0 Å². The minimum Gasteiger partial charge on any atom is -0.459 e. The first-order valence-electron chi connectivity index (χ1n) is 3.69. The smallest absolute Gasteiger partial charge is 0.338 e. The Morgan fingerprint density at radius 3 is 3.09 bits per heavy atom. The van der Waals surface area contributed by atoms with Crippen LogP contribution < -0.4 is 0 Å². The molecule has 2 fully saturated rings. The quantitative estimate of drug-likeness (QED) is 0.398. The van der Waals surface area contributed by atoms with Crippen molar-refractivity contribution in [2.75, 3.05) is 0 Å². The van der Waals surface area contributed by atoms with E-state index >= 15 is 0 Å². The molecule has 2 rings (SSSR count). The molecular weight excluding hydrogens is 259 g/mol. The van der Waals surface area contributed by atoms with Gasteiger partial charge in [0.25, 0.3) is 0 Å². The lowest BCUT2D eigenvalue weighted by atomic mass is 9.86. The van der Waals surface area contributed by atoms with Crippen molar-refractivity contribution < 1.29 is 14.6 Å². The fraction of sp³-hybridized carbons (Fsp3) is 0.857. The molecule has 11 heavy (non-hydrogen) atoms. The van der Waals surface area contributed by atoms with Gasteiger partial charge in [0.15, 0.2) is 5.60 Å². The molecule has 2 bridgehead atoms. The van der Waals surface area contributed by atoms with Gasteiger partial charge in [0.05, 0.1) is 0 Å². The highest BCUT2D eigenvalue weighted by molar-refractivity contribution is 14.1. The van der Waals surface area contributed by atoms with Crippen LogP contribution in [0, 0.1) is 0 Å². The van der Waals surface area contributed by atoms with E-state index in [-0.39, 0.29) is 6.10 Å². The van der Waals surface area contributed by atoms with Crippen LogP contribution >= 0.6 is 22.6 Å². The molecular formula is C7H9IO3. The molecule has 1 N–H and O–H groups in total. The summed E-state index contributed by atoms with van der Waals surface area (Å²) in [5, 5.41) is 9.63. The number of rotatable bonds is 0. The molecule has 1 saturated carbocycles. The molecule has 0 aromatic carbocycles. The molecule has 1 heterocycles. The first-order chi connectivity index (χ1) is 5.12. The van der Waals surface area contributed by atoms with Crippen LogP contribution in [0.1, 0.15) is 19.3 Å². The summed E-state index contributed by atoms with van der Waals surface area (Å²) in [5.74, 6) is -0.415. The lowest BCUT2D eigenvalue weighted by Gasteiger charge is -2.25. The Balaban J connectivity index is 2.24. The van der Waals surface area contributed by atoms with Crippen LogP contribution in [-0.4, -0.2) is 26.7 Å². The van der Waals surface area contributed by atoms with Gasteiger partial charge in [-0.1, -0.05) is 22.6 Å². The van der Waals surface area contributed by atoms with Gasteiger partial charge in [-0.2, -0.15) is 0 Å². The van der Waals surface area contributed by atoms with Gasteiger partial charge in [-0.3, -0.25) is 0 Å². The van der Waals surface area contributed by atoms with E-state index in [1.807, 2.05) is 0 Å². The zero-order chi connectivity index (χ0) is 8.06. The van der Waals surface area contributed by atoms with Gasteiger partial charge in [-0.25, -0.2) is 4.79 Å². The Morgan fingerprint density at radius 1 is 1.73 bits per heavy atom. The third-order valence-corrected chi connectivity index (χ3v) is 3.84. The predicted octanol–water partition coefficient (Wildman–Crippen LogP) is 0.630.